The topological polar surface area (TPSA) is 0 Å². The molecule has 0 saturated heterocycles. The SMILES string of the molecule is C=C.C=C(/C(C)=C/C=C(\C)CCCC)C(CCC)CCC.CCl. The molecule has 0 aliphatic carbocycles. The number of rotatable bonds is 10. The Morgan fingerprint density at radius 1 is 0.913 bits per heavy atom. The number of unbranched alkanes of at least 4 members (excludes halogenated alkanes) is 1. The second-order valence-electron chi connectivity index (χ2n) is 5.77. The molecule has 0 nitrogen and oxygen atoms in total. The highest BCUT2D eigenvalue weighted by Gasteiger charge is 2.11. The maximum absolute atomic E-state index is 4.64. The zero-order chi connectivity index (χ0) is 18.7. The van der Waals surface area contributed by atoms with Crippen molar-refractivity contribution >= 4 is 11.6 Å². The summed E-state index contributed by atoms with van der Waals surface area (Å²) in [5, 5.41) is 0. The van der Waals surface area contributed by atoms with Crippen LogP contribution in [0.3, 0.4) is 0 Å². The molecule has 0 amide bonds. The molecule has 0 aromatic carbocycles. The smallest absolute Gasteiger partial charge is 0.0108 e. The molecular weight excluding hydrogens is 300 g/mol. The van der Waals surface area contributed by atoms with E-state index >= 15 is 0 Å². The Bertz CT molecular complexity index is 317. The minimum atomic E-state index is 0.676. The third-order valence-electron chi connectivity index (χ3n) is 3.82. The van der Waals surface area contributed by atoms with Gasteiger partial charge in [-0.25, -0.2) is 0 Å². The highest BCUT2D eigenvalue weighted by molar-refractivity contribution is 6.15. The van der Waals surface area contributed by atoms with Crippen LogP contribution in [-0.4, -0.2) is 6.38 Å². The van der Waals surface area contributed by atoms with Crippen molar-refractivity contribution in [2.45, 2.75) is 79.6 Å². The Kier molecular flexibility index (Phi) is 25.1. The van der Waals surface area contributed by atoms with E-state index in [0.29, 0.717) is 5.92 Å². The van der Waals surface area contributed by atoms with Crippen LogP contribution < -0.4 is 0 Å². The van der Waals surface area contributed by atoms with Crippen LogP contribution >= 0.6 is 11.6 Å². The number of hydrogen-bond acceptors (Lipinski definition) is 0. The molecule has 0 heterocycles. The van der Waals surface area contributed by atoms with Crippen LogP contribution in [0.4, 0.5) is 0 Å². The van der Waals surface area contributed by atoms with Crippen molar-refractivity contribution < 1.29 is 0 Å². The molecule has 0 atom stereocenters. The molecule has 0 radical (unpaired) electrons. The second-order valence-corrected chi connectivity index (χ2v) is 5.77. The third kappa shape index (κ3) is 15.9. The molecule has 0 N–H and O–H groups in total. The minimum absolute atomic E-state index is 0.676. The standard InChI is InChI=1S/C19H34.C2H4.CH3Cl/c1-7-10-13-16(4)14-15-17(5)18(6)19(11-8-2)12-9-3;2*1-2/h14-15,19H,6-13H2,1-5H3;1-2H2;1H3/b16-14+,17-15+;;. The summed E-state index contributed by atoms with van der Waals surface area (Å²) in [6, 6.07) is 0. The van der Waals surface area contributed by atoms with Crippen LogP contribution in [-0.2, 0) is 0 Å². The van der Waals surface area contributed by atoms with Gasteiger partial charge in [0.05, 0.1) is 0 Å². The highest BCUT2D eigenvalue weighted by atomic mass is 35.5. The molecule has 136 valence electrons. The summed E-state index contributed by atoms with van der Waals surface area (Å²) >= 11 is 4.64. The molecule has 23 heavy (non-hydrogen) atoms. The van der Waals surface area contributed by atoms with Gasteiger partial charge in [0.1, 0.15) is 0 Å². The number of halogens is 1. The Morgan fingerprint density at radius 3 is 1.78 bits per heavy atom. The van der Waals surface area contributed by atoms with Gasteiger partial charge in [-0.1, -0.05) is 64.3 Å². The Balaban J connectivity index is -0.000000919. The monoisotopic (exact) mass is 340 g/mol. The zero-order valence-electron chi connectivity index (χ0n) is 16.7. The fourth-order valence-corrected chi connectivity index (χ4v) is 2.42. The van der Waals surface area contributed by atoms with Gasteiger partial charge >= 0.3 is 0 Å². The van der Waals surface area contributed by atoms with E-state index in [1.165, 1.54) is 68.0 Å². The number of hydrogen-bond donors (Lipinski definition) is 0. The highest BCUT2D eigenvalue weighted by Crippen LogP contribution is 2.26. The van der Waals surface area contributed by atoms with Crippen molar-refractivity contribution in [1.29, 1.82) is 0 Å². The van der Waals surface area contributed by atoms with E-state index in [1.54, 1.807) is 0 Å². The van der Waals surface area contributed by atoms with E-state index in [-0.39, 0.29) is 0 Å². The summed E-state index contributed by atoms with van der Waals surface area (Å²) in [6.45, 7) is 21.6. The van der Waals surface area contributed by atoms with Crippen molar-refractivity contribution in [2.24, 2.45) is 5.92 Å². The van der Waals surface area contributed by atoms with Crippen LogP contribution in [0, 0.1) is 5.92 Å². The Morgan fingerprint density at radius 2 is 1.39 bits per heavy atom. The quantitative estimate of drug-likeness (QED) is 0.212. The van der Waals surface area contributed by atoms with Crippen LogP contribution in [0.5, 0.6) is 0 Å². The minimum Gasteiger partial charge on any atom is -0.130 e. The van der Waals surface area contributed by atoms with Crippen LogP contribution in [0.2, 0.25) is 0 Å². The van der Waals surface area contributed by atoms with Crippen molar-refractivity contribution in [3.8, 4) is 0 Å². The van der Waals surface area contributed by atoms with Gasteiger partial charge in [-0.05, 0) is 56.6 Å². The van der Waals surface area contributed by atoms with E-state index < -0.39 is 0 Å². The lowest BCUT2D eigenvalue weighted by molar-refractivity contribution is 0.509. The Hall–Kier alpha value is -0.750. The summed E-state index contributed by atoms with van der Waals surface area (Å²) in [6.07, 6.45) is 14.9. The maximum Gasteiger partial charge on any atom is 0.0108 e. The molecule has 0 saturated carbocycles. The maximum atomic E-state index is 4.64. The molecule has 0 aliphatic heterocycles. The van der Waals surface area contributed by atoms with E-state index in [2.05, 4.69) is 78.1 Å². The van der Waals surface area contributed by atoms with Crippen molar-refractivity contribution in [3.63, 3.8) is 0 Å². The van der Waals surface area contributed by atoms with Crippen LogP contribution in [0.15, 0.2) is 48.6 Å². The second kappa shape index (κ2) is 21.2. The van der Waals surface area contributed by atoms with E-state index in [1.807, 2.05) is 0 Å². The fraction of sp³-hybridized carbons (Fsp3) is 0.636. The largest absolute Gasteiger partial charge is 0.130 e. The lowest BCUT2D eigenvalue weighted by atomic mass is 9.87. The van der Waals surface area contributed by atoms with Gasteiger partial charge in [0, 0.05) is 6.38 Å². The van der Waals surface area contributed by atoms with E-state index in [9.17, 15) is 0 Å². The third-order valence-corrected chi connectivity index (χ3v) is 3.82. The van der Waals surface area contributed by atoms with Crippen LogP contribution in [0.25, 0.3) is 0 Å². The normalized spacial score (nSPS) is 11.3. The molecular formula is C22H41Cl. The Labute approximate surface area is 152 Å². The van der Waals surface area contributed by atoms with Crippen molar-refractivity contribution in [3.05, 3.63) is 48.6 Å². The molecule has 0 bridgehead atoms. The molecule has 0 unspecified atom stereocenters. The predicted octanol–water partition coefficient (Wildman–Crippen LogP) is 8.50. The van der Waals surface area contributed by atoms with Crippen LogP contribution in [0.1, 0.15) is 79.6 Å². The summed E-state index contributed by atoms with van der Waals surface area (Å²) in [5.41, 5.74) is 4.20. The summed E-state index contributed by atoms with van der Waals surface area (Å²) in [5.74, 6) is 0.676. The average Bonchev–Trinajstić information content (AvgIpc) is 2.60. The van der Waals surface area contributed by atoms with Crippen molar-refractivity contribution in [2.75, 3.05) is 6.38 Å². The first-order valence-corrected chi connectivity index (χ1v) is 9.73. The summed E-state index contributed by atoms with van der Waals surface area (Å²) in [7, 11) is 0. The van der Waals surface area contributed by atoms with Gasteiger partial charge in [0.15, 0.2) is 0 Å². The fourth-order valence-electron chi connectivity index (χ4n) is 2.42. The first-order valence-electron chi connectivity index (χ1n) is 8.97. The van der Waals surface area contributed by atoms with Crippen molar-refractivity contribution in [1.82, 2.24) is 0 Å². The molecule has 0 aromatic rings. The van der Waals surface area contributed by atoms with Gasteiger partial charge in [0.2, 0.25) is 0 Å². The van der Waals surface area contributed by atoms with Gasteiger partial charge in [-0.3, -0.25) is 0 Å². The predicted molar refractivity (Wildman–Crippen MR) is 113 cm³/mol. The first-order chi connectivity index (χ1) is 11.1. The van der Waals surface area contributed by atoms with Gasteiger partial charge in [-0.2, -0.15) is 0 Å². The zero-order valence-corrected chi connectivity index (χ0v) is 17.4. The van der Waals surface area contributed by atoms with Gasteiger partial charge in [0.25, 0.3) is 0 Å². The summed E-state index contributed by atoms with van der Waals surface area (Å²) in [4.78, 5) is 0. The molecule has 0 spiro atoms. The molecule has 0 fully saturated rings. The van der Waals surface area contributed by atoms with Gasteiger partial charge in [-0.15, -0.1) is 24.8 Å². The molecule has 0 aromatic heterocycles. The molecule has 1 heteroatoms. The van der Waals surface area contributed by atoms with E-state index in [0.717, 1.165) is 0 Å². The first kappa shape index (κ1) is 27.1. The lowest BCUT2D eigenvalue weighted by Crippen LogP contribution is -2.04. The number of allylic oxidation sites excluding steroid dienone is 5. The van der Waals surface area contributed by atoms with Gasteiger partial charge < -0.3 is 0 Å². The lowest BCUT2D eigenvalue weighted by Gasteiger charge is -2.18. The summed E-state index contributed by atoms with van der Waals surface area (Å²) < 4.78 is 0. The number of alkyl halides is 1. The molecule has 0 rings (SSSR count). The van der Waals surface area contributed by atoms with E-state index in [4.69, 9.17) is 0 Å². The molecule has 0 aliphatic rings. The average molecular weight is 341 g/mol.